The van der Waals surface area contributed by atoms with E-state index in [1.165, 1.54) is 34.0 Å². The third kappa shape index (κ3) is 9.43. The second kappa shape index (κ2) is 18.9. The van der Waals surface area contributed by atoms with Crippen molar-refractivity contribution in [3.63, 3.8) is 0 Å². The van der Waals surface area contributed by atoms with Crippen LogP contribution < -0.4 is 22.1 Å². The normalized spacial score (nSPS) is 15.0. The van der Waals surface area contributed by atoms with E-state index in [1.54, 1.807) is 47.8 Å². The number of nitrogens with one attached hydrogen (secondary N) is 2. The molecule has 0 unspecified atom stereocenters. The van der Waals surface area contributed by atoms with Crippen LogP contribution in [0.25, 0.3) is 32.7 Å². The van der Waals surface area contributed by atoms with Crippen LogP contribution >= 0.6 is 0 Å². The molecule has 7 aromatic rings. The maximum atomic E-state index is 13.5. The van der Waals surface area contributed by atoms with Crippen LogP contribution in [0, 0.1) is 20.8 Å². The molecule has 2 aliphatic heterocycles. The van der Waals surface area contributed by atoms with E-state index in [4.69, 9.17) is 16.2 Å². The first-order chi connectivity index (χ1) is 32.3. The number of anilines is 4. The van der Waals surface area contributed by atoms with Crippen molar-refractivity contribution in [2.45, 2.75) is 37.5 Å². The second-order valence-corrected chi connectivity index (χ2v) is 20.6. The van der Waals surface area contributed by atoms with Gasteiger partial charge >= 0.3 is 0 Å². The number of rotatable bonds is 10. The van der Waals surface area contributed by atoms with Crippen molar-refractivity contribution in [2.75, 3.05) is 63.1 Å². The number of nitrogens with two attached hydrogens (primary N) is 2. The number of ether oxygens (including phenoxy) is 1. The number of aryl methyl sites for hydroxylation is 4. The molecule has 0 radical (unpaired) electrons. The van der Waals surface area contributed by atoms with E-state index in [9.17, 15) is 31.2 Å². The molecule has 2 saturated heterocycles. The van der Waals surface area contributed by atoms with Crippen molar-refractivity contribution in [3.05, 3.63) is 113 Å². The Bertz CT molecular complexity index is 3380. The van der Waals surface area contributed by atoms with Crippen molar-refractivity contribution in [1.29, 1.82) is 0 Å². The monoisotopic (exact) mass is 961 g/mol. The number of pyridine rings is 2. The highest BCUT2D eigenvalue weighted by Gasteiger charge is 2.31. The molecule has 0 atom stereocenters. The summed E-state index contributed by atoms with van der Waals surface area (Å²) in [6.07, 6.45) is 4.59. The Balaban J connectivity index is 0.000000184. The number of primary amides is 2. The number of carbonyl (C=O) groups excluding carboxylic acids is 3. The number of nitrogens with zero attached hydrogens (tertiary/aromatic N) is 7. The Labute approximate surface area is 393 Å². The van der Waals surface area contributed by atoms with Gasteiger partial charge in [0.05, 0.1) is 68.3 Å². The lowest BCUT2D eigenvalue weighted by molar-refractivity contribution is -0.129. The molecular formula is C47H51N11O8S2. The number of hydrogen-bond donors (Lipinski definition) is 4. The summed E-state index contributed by atoms with van der Waals surface area (Å²) in [7, 11) is -5.74. The first kappa shape index (κ1) is 47.5. The van der Waals surface area contributed by atoms with Crippen molar-refractivity contribution in [2.24, 2.45) is 18.5 Å². The van der Waals surface area contributed by atoms with Crippen LogP contribution in [0.2, 0.25) is 0 Å². The molecule has 6 N–H and O–H groups in total. The summed E-state index contributed by atoms with van der Waals surface area (Å²) in [6.45, 7) is 9.39. The van der Waals surface area contributed by atoms with Crippen LogP contribution in [0.4, 0.5) is 22.7 Å². The molecule has 3 amide bonds. The molecule has 5 heterocycles. The Morgan fingerprint density at radius 3 is 1.66 bits per heavy atom. The molecule has 2 fully saturated rings. The van der Waals surface area contributed by atoms with Gasteiger partial charge in [0.1, 0.15) is 0 Å². The van der Waals surface area contributed by atoms with Crippen LogP contribution in [0.1, 0.15) is 44.3 Å². The molecule has 4 aromatic carbocycles. The summed E-state index contributed by atoms with van der Waals surface area (Å²) in [5, 5.41) is 12.7. The third-order valence-corrected chi connectivity index (χ3v) is 15.8. The summed E-state index contributed by atoms with van der Waals surface area (Å²) >= 11 is 0. The van der Waals surface area contributed by atoms with Crippen LogP contribution in [0.5, 0.6) is 0 Å². The van der Waals surface area contributed by atoms with Crippen molar-refractivity contribution in [1.82, 2.24) is 33.3 Å². The van der Waals surface area contributed by atoms with Gasteiger partial charge in [-0.15, -0.1) is 0 Å². The second-order valence-electron chi connectivity index (χ2n) is 16.7. The van der Waals surface area contributed by atoms with Gasteiger partial charge in [-0.25, -0.2) is 16.8 Å². The molecule has 9 rings (SSSR count). The fourth-order valence-corrected chi connectivity index (χ4v) is 11.5. The van der Waals surface area contributed by atoms with Gasteiger partial charge in [-0.3, -0.25) is 29.0 Å². The zero-order valence-corrected chi connectivity index (χ0v) is 39.7. The highest BCUT2D eigenvalue weighted by molar-refractivity contribution is 7.89. The molecular weight excluding hydrogens is 911 g/mol. The van der Waals surface area contributed by atoms with Gasteiger partial charge in [-0.1, -0.05) is 12.1 Å². The van der Waals surface area contributed by atoms with E-state index in [-0.39, 0.29) is 53.0 Å². The molecule has 2 aliphatic rings. The SMILES string of the molecule is CC(=O)N1CCN(S(=O)(=O)c2cc(C)c3ncc(C(N)=O)c(Nc4cccc(C)c4)c3c2)CC1.Cc1cc(S(=O)(=O)N2CCOCC2)cc2c(Nc3ccc4cnn(C)c4c3)c(C(N)=O)cnc12. The van der Waals surface area contributed by atoms with Gasteiger partial charge in [0.15, 0.2) is 0 Å². The van der Waals surface area contributed by atoms with E-state index < -0.39 is 31.9 Å². The lowest BCUT2D eigenvalue weighted by atomic mass is 10.0. The zero-order valence-electron chi connectivity index (χ0n) is 38.1. The smallest absolute Gasteiger partial charge is 0.252 e. The Morgan fingerprint density at radius 1 is 0.647 bits per heavy atom. The maximum absolute atomic E-state index is 13.5. The summed E-state index contributed by atoms with van der Waals surface area (Å²) in [4.78, 5) is 46.8. The fourth-order valence-electron chi connectivity index (χ4n) is 8.40. The minimum Gasteiger partial charge on any atom is -0.379 e. The number of sulfonamides is 2. The van der Waals surface area contributed by atoms with E-state index in [1.807, 2.05) is 56.4 Å². The quantitative estimate of drug-likeness (QED) is 0.143. The number of morpholine rings is 1. The van der Waals surface area contributed by atoms with E-state index in [0.717, 1.165) is 22.2 Å². The van der Waals surface area contributed by atoms with Gasteiger partial charge in [-0.2, -0.15) is 13.7 Å². The topological polar surface area (TPSA) is 258 Å². The summed E-state index contributed by atoms with van der Waals surface area (Å²) in [5.74, 6) is -1.41. The van der Waals surface area contributed by atoms with Gasteiger partial charge in [0.2, 0.25) is 26.0 Å². The maximum Gasteiger partial charge on any atom is 0.252 e. The van der Waals surface area contributed by atoms with Gasteiger partial charge in [0.25, 0.3) is 11.8 Å². The Kier molecular flexibility index (Phi) is 13.2. The van der Waals surface area contributed by atoms with Gasteiger partial charge in [0, 0.05) is 93.2 Å². The summed E-state index contributed by atoms with van der Waals surface area (Å²) in [5.41, 5.74) is 18.3. The number of carbonyl (C=O) groups is 3. The lowest BCUT2D eigenvalue weighted by Gasteiger charge is -2.33. The van der Waals surface area contributed by atoms with E-state index >= 15 is 0 Å². The fraction of sp³-hybridized carbons (Fsp3) is 0.277. The zero-order chi connectivity index (χ0) is 48.7. The van der Waals surface area contributed by atoms with Crippen molar-refractivity contribution < 1.29 is 36.0 Å². The lowest BCUT2D eigenvalue weighted by Crippen LogP contribution is -2.49. The van der Waals surface area contributed by atoms with E-state index in [0.29, 0.717) is 76.3 Å². The van der Waals surface area contributed by atoms with Crippen molar-refractivity contribution >= 4 is 93.2 Å². The van der Waals surface area contributed by atoms with Crippen LogP contribution in [0.15, 0.2) is 95.1 Å². The standard InChI is InChI=1S/C24H27N5O4S.C23H24N6O4S/c1-15-5-4-6-18(11-15)27-23-20-13-19(12-16(2)22(20)26-14-21(23)24(25)31)34(32,33)29-9-7-28(8-10-29)17(3)30;1-14-9-17(34(31,32)29-5-7-33-8-6-29)11-18-21(14)25-13-19(23(24)30)22(18)27-16-4-3-15-12-26-28(2)20(15)10-16/h4-6,11-14H,7-10H2,1-3H3,(H2,25,31)(H,26,27);3-4,9-13H,5-8H2,1-2H3,(H2,24,30)(H,25,27). The third-order valence-electron chi connectivity index (χ3n) is 12.0. The highest BCUT2D eigenvalue weighted by atomic mass is 32.2. The highest BCUT2D eigenvalue weighted by Crippen LogP contribution is 2.36. The van der Waals surface area contributed by atoms with Crippen LogP contribution in [-0.2, 0) is 36.6 Å². The molecule has 0 saturated carbocycles. The predicted octanol–water partition coefficient (Wildman–Crippen LogP) is 4.84. The molecule has 68 heavy (non-hydrogen) atoms. The van der Waals surface area contributed by atoms with E-state index in [2.05, 4.69) is 25.7 Å². The average Bonchev–Trinajstić information content (AvgIpc) is 3.68. The molecule has 19 nitrogen and oxygen atoms in total. The van der Waals surface area contributed by atoms with Gasteiger partial charge < -0.3 is 31.7 Å². The number of benzene rings is 4. The Hall–Kier alpha value is -7.04. The van der Waals surface area contributed by atoms with Crippen molar-refractivity contribution in [3.8, 4) is 0 Å². The number of hydrogen-bond acceptors (Lipinski definition) is 13. The molecule has 3 aromatic heterocycles. The minimum atomic E-state index is -3.83. The number of fused-ring (bicyclic) bond motifs is 3. The largest absolute Gasteiger partial charge is 0.379 e. The van der Waals surface area contributed by atoms with Gasteiger partial charge in [-0.05, 0) is 92.1 Å². The number of piperazine rings is 1. The Morgan fingerprint density at radius 2 is 1.16 bits per heavy atom. The molecule has 0 bridgehead atoms. The first-order valence-electron chi connectivity index (χ1n) is 21.7. The van der Waals surface area contributed by atoms with Crippen LogP contribution in [0.3, 0.4) is 0 Å². The molecule has 0 spiro atoms. The summed E-state index contributed by atoms with van der Waals surface area (Å²) < 4.78 is 63.5. The molecule has 354 valence electrons. The number of aromatic nitrogens is 4. The average molecular weight is 962 g/mol. The first-order valence-corrected chi connectivity index (χ1v) is 24.5. The number of amides is 3. The summed E-state index contributed by atoms with van der Waals surface area (Å²) in [6, 6.07) is 19.6. The molecule has 21 heteroatoms. The molecule has 0 aliphatic carbocycles. The van der Waals surface area contributed by atoms with Crippen LogP contribution in [-0.4, -0.2) is 120 Å². The minimum absolute atomic E-state index is 0.0736. The predicted molar refractivity (Wildman–Crippen MR) is 259 cm³/mol.